The summed E-state index contributed by atoms with van der Waals surface area (Å²) in [6, 6.07) is 5.80. The van der Waals surface area contributed by atoms with E-state index in [9.17, 15) is 9.59 Å². The molecule has 7 heteroatoms. The summed E-state index contributed by atoms with van der Waals surface area (Å²) in [5.41, 5.74) is -0.855. The normalized spacial score (nSPS) is 19.7. The zero-order chi connectivity index (χ0) is 25.1. The predicted octanol–water partition coefficient (Wildman–Crippen LogP) is 6.18. The van der Waals surface area contributed by atoms with Crippen LogP contribution < -0.4 is 0 Å². The van der Waals surface area contributed by atoms with Gasteiger partial charge in [-0.05, 0) is 55.2 Å². The number of ketones is 1. The molecule has 0 aromatic heterocycles. The van der Waals surface area contributed by atoms with Crippen molar-refractivity contribution in [2.45, 2.75) is 115 Å². The fourth-order valence-corrected chi connectivity index (χ4v) is 10.5. The molecule has 3 atom stereocenters. The molecule has 0 aromatic rings. The van der Waals surface area contributed by atoms with Gasteiger partial charge in [0.05, 0.1) is 11.7 Å². The van der Waals surface area contributed by atoms with Crippen LogP contribution in [0.2, 0.25) is 36.3 Å². The average Bonchev–Trinajstić information content (AvgIpc) is 2.84. The molecule has 1 heterocycles. The van der Waals surface area contributed by atoms with Crippen molar-refractivity contribution in [1.82, 2.24) is 0 Å². The monoisotopic (exact) mass is 492 g/mol. The molecule has 0 N–H and O–H groups in total. The number of terminal acetylenes is 1. The van der Waals surface area contributed by atoms with E-state index in [4.69, 9.17) is 20.0 Å². The minimum atomic E-state index is -2.08. The number of rotatable bonds is 15. The van der Waals surface area contributed by atoms with Crippen molar-refractivity contribution in [3.05, 3.63) is 24.3 Å². The highest BCUT2D eigenvalue weighted by molar-refractivity contribution is 6.74. The molecule has 0 aromatic carbocycles. The van der Waals surface area contributed by atoms with Gasteiger partial charge in [-0.1, -0.05) is 53.7 Å². The number of hydrogen-bond donors (Lipinski definition) is 0. The zero-order valence-corrected chi connectivity index (χ0v) is 23.7. The number of Topliss-reactive ketones (excluding diaryl/α,β-unsaturated/α-hetero) is 1. The second kappa shape index (κ2) is 13.4. The molecule has 186 valence electrons. The van der Waals surface area contributed by atoms with E-state index in [0.717, 1.165) is 36.3 Å². The van der Waals surface area contributed by atoms with Gasteiger partial charge in [-0.25, -0.2) is 4.79 Å². The van der Waals surface area contributed by atoms with E-state index in [0.29, 0.717) is 6.42 Å². The maximum atomic E-state index is 12.5. The van der Waals surface area contributed by atoms with Crippen molar-refractivity contribution in [3.8, 4) is 12.3 Å². The third-order valence-electron chi connectivity index (χ3n) is 7.40. The Morgan fingerprint density at radius 2 is 1.70 bits per heavy atom. The van der Waals surface area contributed by atoms with Crippen LogP contribution in [0.1, 0.15) is 61.3 Å². The molecule has 0 bridgehead atoms. The molecule has 0 radical (unpaired) electrons. The lowest BCUT2D eigenvalue weighted by Gasteiger charge is -2.46. The van der Waals surface area contributed by atoms with E-state index in [2.05, 4.69) is 47.5 Å². The van der Waals surface area contributed by atoms with Crippen LogP contribution in [0.5, 0.6) is 0 Å². The summed E-state index contributed by atoms with van der Waals surface area (Å²) in [5, 5.41) is 0. The Bertz CT molecular complexity index is 730. The molecule has 1 aliphatic rings. The second-order valence-corrected chi connectivity index (χ2v) is 18.5. The van der Waals surface area contributed by atoms with Crippen LogP contribution in [0.15, 0.2) is 24.3 Å². The number of esters is 1. The highest BCUT2D eigenvalue weighted by atomic mass is 28.4. The molecular weight excluding hydrogens is 448 g/mol. The summed E-state index contributed by atoms with van der Waals surface area (Å²) in [5.74, 6) is 1.65. The van der Waals surface area contributed by atoms with Crippen LogP contribution in [-0.4, -0.2) is 46.2 Å². The van der Waals surface area contributed by atoms with Gasteiger partial charge >= 0.3 is 5.97 Å². The van der Waals surface area contributed by atoms with Gasteiger partial charge in [0.25, 0.3) is 0 Å². The standard InChI is InChI=1S/C26H44O5Si2/c1-9-22(27)21-24(30-32(10-2,11-3)12-4)26(8,31-33(13-5,14-6)15-7)20-19-23-17-16-18-25(28)29-23/h1,16,18-20,23-24H,10-15,17,21H2,2-8H3/b20-19+/t23-,24-,26-/m1/s1. The Morgan fingerprint density at radius 1 is 1.15 bits per heavy atom. The molecule has 33 heavy (non-hydrogen) atoms. The first kappa shape index (κ1) is 29.6. The van der Waals surface area contributed by atoms with E-state index >= 15 is 0 Å². The highest BCUT2D eigenvalue weighted by Crippen LogP contribution is 2.36. The minimum absolute atomic E-state index is 0.109. The maximum absolute atomic E-state index is 12.5. The number of ether oxygens (including phenoxy) is 1. The smallest absolute Gasteiger partial charge is 0.331 e. The largest absolute Gasteiger partial charge is 0.455 e. The van der Waals surface area contributed by atoms with Gasteiger partial charge in [0.1, 0.15) is 6.10 Å². The Labute approximate surface area is 203 Å². The Balaban J connectivity index is 3.52. The predicted molar refractivity (Wildman–Crippen MR) is 140 cm³/mol. The number of carbonyl (C=O) groups is 2. The summed E-state index contributed by atoms with van der Waals surface area (Å²) >= 11 is 0. The number of cyclic esters (lactones) is 1. The minimum Gasteiger partial charge on any atom is -0.455 e. The van der Waals surface area contributed by atoms with E-state index in [1.807, 2.05) is 25.2 Å². The van der Waals surface area contributed by atoms with Gasteiger partial charge in [-0.2, -0.15) is 0 Å². The fraction of sp³-hybridized carbons (Fsp3) is 0.692. The summed E-state index contributed by atoms with van der Waals surface area (Å²) < 4.78 is 19.4. The molecule has 0 amide bonds. The van der Waals surface area contributed by atoms with E-state index < -0.39 is 28.3 Å². The van der Waals surface area contributed by atoms with Crippen molar-refractivity contribution in [2.24, 2.45) is 0 Å². The highest BCUT2D eigenvalue weighted by Gasteiger charge is 2.46. The van der Waals surface area contributed by atoms with Gasteiger partial charge < -0.3 is 13.6 Å². The van der Waals surface area contributed by atoms with Crippen LogP contribution >= 0.6 is 0 Å². The van der Waals surface area contributed by atoms with Gasteiger partial charge in [-0.15, -0.1) is 6.42 Å². The summed E-state index contributed by atoms with van der Waals surface area (Å²) in [7, 11) is -4.15. The van der Waals surface area contributed by atoms with E-state index in [1.165, 1.54) is 6.08 Å². The first-order valence-corrected chi connectivity index (χ1v) is 17.6. The third kappa shape index (κ3) is 8.06. The molecular formula is C26H44O5Si2. The molecule has 0 spiro atoms. The van der Waals surface area contributed by atoms with Crippen LogP contribution in [0.3, 0.4) is 0 Å². The van der Waals surface area contributed by atoms with Crippen LogP contribution in [0, 0.1) is 12.3 Å². The quantitative estimate of drug-likeness (QED) is 0.0898. The SMILES string of the molecule is C#CC(=O)C[C@@H](O[Si](CC)(CC)CC)[C@@](C)(/C=C/[C@H]1CC=CC(=O)O1)O[Si](CC)(CC)CC. The van der Waals surface area contributed by atoms with Gasteiger partial charge in [-0.3, -0.25) is 4.79 Å². The third-order valence-corrected chi connectivity index (χ3v) is 16.8. The average molecular weight is 493 g/mol. The molecule has 1 rings (SSSR count). The van der Waals surface area contributed by atoms with E-state index in [-0.39, 0.29) is 24.3 Å². The number of hydrogen-bond acceptors (Lipinski definition) is 5. The molecule has 0 saturated carbocycles. The summed E-state index contributed by atoms with van der Waals surface area (Å²) in [4.78, 5) is 24.2. The molecule has 0 aliphatic carbocycles. The second-order valence-electron chi connectivity index (χ2n) is 9.12. The van der Waals surface area contributed by atoms with Crippen LogP contribution in [0.25, 0.3) is 0 Å². The Hall–Kier alpha value is -1.47. The topological polar surface area (TPSA) is 61.8 Å². The Morgan fingerprint density at radius 3 is 2.15 bits per heavy atom. The van der Waals surface area contributed by atoms with Gasteiger partial charge in [0.15, 0.2) is 16.6 Å². The first-order chi connectivity index (χ1) is 15.6. The lowest BCUT2D eigenvalue weighted by atomic mass is 9.93. The summed E-state index contributed by atoms with van der Waals surface area (Å²) in [6.07, 6.45) is 12.5. The van der Waals surface area contributed by atoms with Gasteiger partial charge in [0.2, 0.25) is 5.78 Å². The van der Waals surface area contributed by atoms with Crippen LogP contribution in [-0.2, 0) is 23.2 Å². The van der Waals surface area contributed by atoms with E-state index in [1.54, 1.807) is 0 Å². The molecule has 0 unspecified atom stereocenters. The lowest BCUT2D eigenvalue weighted by Crippen LogP contribution is -2.55. The van der Waals surface area contributed by atoms with Crippen molar-refractivity contribution >= 4 is 28.4 Å². The first-order valence-electron chi connectivity index (χ1n) is 12.5. The van der Waals surface area contributed by atoms with Crippen molar-refractivity contribution in [3.63, 3.8) is 0 Å². The molecule has 5 nitrogen and oxygen atoms in total. The molecule has 1 aliphatic heterocycles. The van der Waals surface area contributed by atoms with Crippen molar-refractivity contribution in [1.29, 1.82) is 0 Å². The van der Waals surface area contributed by atoms with Crippen LogP contribution in [0.4, 0.5) is 0 Å². The van der Waals surface area contributed by atoms with Crippen molar-refractivity contribution in [2.75, 3.05) is 0 Å². The molecule has 0 fully saturated rings. The fourth-order valence-electron chi connectivity index (χ4n) is 4.48. The molecule has 0 saturated heterocycles. The maximum Gasteiger partial charge on any atom is 0.331 e. The van der Waals surface area contributed by atoms with Gasteiger partial charge in [0, 0.05) is 18.9 Å². The number of carbonyl (C=O) groups excluding carboxylic acids is 2. The van der Waals surface area contributed by atoms with Crippen molar-refractivity contribution < 1.29 is 23.2 Å². The summed E-state index contributed by atoms with van der Waals surface area (Å²) in [6.45, 7) is 15.1. The lowest BCUT2D eigenvalue weighted by molar-refractivity contribution is -0.141. The zero-order valence-electron chi connectivity index (χ0n) is 21.7. The Kier molecular flexibility index (Phi) is 12.0.